The molecule has 5 nitrogen and oxygen atoms in total. The van der Waals surface area contributed by atoms with Crippen LogP contribution in [0, 0.1) is 5.82 Å². The normalized spacial score (nSPS) is 19.8. The number of para-hydroxylation sites is 1. The van der Waals surface area contributed by atoms with E-state index in [1.54, 1.807) is 12.1 Å². The van der Waals surface area contributed by atoms with Gasteiger partial charge in [0.1, 0.15) is 11.6 Å². The third-order valence-electron chi connectivity index (χ3n) is 5.00. The summed E-state index contributed by atoms with van der Waals surface area (Å²) >= 11 is 0. The van der Waals surface area contributed by atoms with E-state index < -0.39 is 10.0 Å². The van der Waals surface area contributed by atoms with E-state index in [2.05, 4.69) is 16.6 Å². The molecule has 0 saturated heterocycles. The number of hydrogen-bond donors (Lipinski definition) is 2. The molecule has 0 saturated carbocycles. The van der Waals surface area contributed by atoms with Crippen LogP contribution in [0.4, 0.5) is 10.1 Å². The lowest BCUT2D eigenvalue weighted by Gasteiger charge is -2.36. The Morgan fingerprint density at radius 1 is 1.23 bits per heavy atom. The van der Waals surface area contributed by atoms with E-state index in [0.717, 1.165) is 34.7 Å². The fraction of sp³-hybridized carbons (Fsp3) is 0.263. The van der Waals surface area contributed by atoms with Crippen LogP contribution >= 0.6 is 0 Å². The van der Waals surface area contributed by atoms with Crippen LogP contribution in [-0.2, 0) is 15.4 Å². The minimum absolute atomic E-state index is 0.327. The SMILES string of the molecule is CC1(c2c[nH]c3c(NS(C)(=O)=O)cccc23)CCOc2cc(F)ccc21. The van der Waals surface area contributed by atoms with Crippen LogP contribution in [0.3, 0.4) is 0 Å². The molecule has 1 aliphatic rings. The molecule has 136 valence electrons. The van der Waals surface area contributed by atoms with E-state index in [-0.39, 0.29) is 11.2 Å². The van der Waals surface area contributed by atoms with Gasteiger partial charge in [-0.3, -0.25) is 4.72 Å². The van der Waals surface area contributed by atoms with E-state index >= 15 is 0 Å². The maximum absolute atomic E-state index is 13.6. The van der Waals surface area contributed by atoms with Gasteiger partial charge < -0.3 is 9.72 Å². The molecule has 2 aromatic carbocycles. The van der Waals surface area contributed by atoms with E-state index in [0.29, 0.717) is 18.0 Å². The minimum atomic E-state index is -3.38. The van der Waals surface area contributed by atoms with Gasteiger partial charge in [0.15, 0.2) is 0 Å². The van der Waals surface area contributed by atoms with Gasteiger partial charge in [0.05, 0.1) is 24.1 Å². The summed E-state index contributed by atoms with van der Waals surface area (Å²) in [6.45, 7) is 2.59. The van der Waals surface area contributed by atoms with Gasteiger partial charge in [-0.2, -0.15) is 0 Å². The second-order valence-electron chi connectivity index (χ2n) is 6.88. The molecule has 2 heterocycles. The summed E-state index contributed by atoms with van der Waals surface area (Å²) in [5, 5.41) is 0.929. The second kappa shape index (κ2) is 5.74. The second-order valence-corrected chi connectivity index (χ2v) is 8.62. The van der Waals surface area contributed by atoms with Gasteiger partial charge >= 0.3 is 0 Å². The molecule has 0 radical (unpaired) electrons. The molecule has 0 aliphatic carbocycles. The van der Waals surface area contributed by atoms with Crippen LogP contribution in [0.25, 0.3) is 10.9 Å². The molecule has 1 aromatic heterocycles. The van der Waals surface area contributed by atoms with Crippen molar-refractivity contribution in [3.05, 3.63) is 59.5 Å². The molecular formula is C19H19FN2O3S. The Morgan fingerprint density at radius 3 is 2.81 bits per heavy atom. The van der Waals surface area contributed by atoms with Crippen LogP contribution in [-0.4, -0.2) is 26.3 Å². The first-order valence-electron chi connectivity index (χ1n) is 8.29. The van der Waals surface area contributed by atoms with Crippen LogP contribution in [0.5, 0.6) is 5.75 Å². The van der Waals surface area contributed by atoms with Crippen molar-refractivity contribution >= 4 is 26.6 Å². The quantitative estimate of drug-likeness (QED) is 0.733. The van der Waals surface area contributed by atoms with Gasteiger partial charge in [-0.1, -0.05) is 25.1 Å². The molecule has 3 aromatic rings. The Morgan fingerprint density at radius 2 is 2.04 bits per heavy atom. The number of hydrogen-bond acceptors (Lipinski definition) is 3. The van der Waals surface area contributed by atoms with E-state index in [1.165, 1.54) is 12.1 Å². The van der Waals surface area contributed by atoms with Crippen LogP contribution < -0.4 is 9.46 Å². The summed E-state index contributed by atoms with van der Waals surface area (Å²) in [5.74, 6) is 0.227. The number of nitrogens with one attached hydrogen (secondary N) is 2. The summed E-state index contributed by atoms with van der Waals surface area (Å²) in [7, 11) is -3.38. The van der Waals surface area contributed by atoms with Gasteiger partial charge in [-0.15, -0.1) is 0 Å². The number of sulfonamides is 1. The molecule has 1 aliphatic heterocycles. The standard InChI is InChI=1S/C19H19FN2O3S/c1-19(8-9-25-17-10-12(20)6-7-14(17)19)15-11-21-18-13(15)4-3-5-16(18)22-26(2,23)24/h3-7,10-11,21-22H,8-9H2,1-2H3. The van der Waals surface area contributed by atoms with Gasteiger partial charge in [-0.05, 0) is 24.1 Å². The van der Waals surface area contributed by atoms with Crippen molar-refractivity contribution < 1.29 is 17.5 Å². The lowest BCUT2D eigenvalue weighted by Crippen LogP contribution is -2.31. The summed E-state index contributed by atoms with van der Waals surface area (Å²) in [6.07, 6.45) is 3.76. The monoisotopic (exact) mass is 374 g/mol. The molecule has 4 rings (SSSR count). The number of anilines is 1. The maximum Gasteiger partial charge on any atom is 0.229 e. The van der Waals surface area contributed by atoms with Crippen molar-refractivity contribution in [1.29, 1.82) is 0 Å². The Labute approximate surface area is 151 Å². The molecule has 7 heteroatoms. The van der Waals surface area contributed by atoms with Crippen LogP contribution in [0.15, 0.2) is 42.6 Å². The van der Waals surface area contributed by atoms with E-state index in [1.807, 2.05) is 18.3 Å². The fourth-order valence-corrected chi connectivity index (χ4v) is 4.32. The highest BCUT2D eigenvalue weighted by Crippen LogP contribution is 2.46. The average Bonchev–Trinajstić information content (AvgIpc) is 2.99. The van der Waals surface area contributed by atoms with E-state index in [4.69, 9.17) is 4.74 Å². The largest absolute Gasteiger partial charge is 0.493 e. The highest BCUT2D eigenvalue weighted by atomic mass is 32.2. The number of H-pyrrole nitrogens is 1. The zero-order valence-corrected chi connectivity index (χ0v) is 15.3. The summed E-state index contributed by atoms with van der Waals surface area (Å²) < 4.78 is 45.1. The predicted octanol–water partition coefficient (Wildman–Crippen LogP) is 3.77. The topological polar surface area (TPSA) is 71.2 Å². The van der Waals surface area contributed by atoms with Gasteiger partial charge in [0.25, 0.3) is 0 Å². The summed E-state index contributed by atoms with van der Waals surface area (Å²) in [6, 6.07) is 10.1. The number of aromatic amines is 1. The Balaban J connectivity index is 1.90. The number of fused-ring (bicyclic) bond motifs is 2. The van der Waals surface area contributed by atoms with Crippen molar-refractivity contribution in [1.82, 2.24) is 4.98 Å². The Bertz CT molecular complexity index is 1110. The third-order valence-corrected chi connectivity index (χ3v) is 5.59. The zero-order valence-electron chi connectivity index (χ0n) is 14.5. The van der Waals surface area contributed by atoms with Crippen LogP contribution in [0.2, 0.25) is 0 Å². The molecule has 0 fully saturated rings. The summed E-state index contributed by atoms with van der Waals surface area (Å²) in [4.78, 5) is 3.20. The molecule has 0 spiro atoms. The zero-order chi connectivity index (χ0) is 18.5. The van der Waals surface area contributed by atoms with E-state index in [9.17, 15) is 12.8 Å². The lowest BCUT2D eigenvalue weighted by molar-refractivity contribution is 0.243. The molecular weight excluding hydrogens is 355 g/mol. The molecule has 2 N–H and O–H groups in total. The highest BCUT2D eigenvalue weighted by Gasteiger charge is 2.37. The van der Waals surface area contributed by atoms with Crippen molar-refractivity contribution in [2.75, 3.05) is 17.6 Å². The van der Waals surface area contributed by atoms with Gasteiger partial charge in [-0.25, -0.2) is 12.8 Å². The smallest absolute Gasteiger partial charge is 0.229 e. The van der Waals surface area contributed by atoms with Crippen molar-refractivity contribution in [3.8, 4) is 5.75 Å². The molecule has 0 bridgehead atoms. The molecule has 0 amide bonds. The van der Waals surface area contributed by atoms with Crippen molar-refractivity contribution in [3.63, 3.8) is 0 Å². The highest BCUT2D eigenvalue weighted by molar-refractivity contribution is 7.92. The number of benzene rings is 2. The predicted molar refractivity (Wildman–Crippen MR) is 99.7 cm³/mol. The first-order valence-corrected chi connectivity index (χ1v) is 10.2. The number of rotatable bonds is 3. The molecule has 26 heavy (non-hydrogen) atoms. The summed E-state index contributed by atoms with van der Waals surface area (Å²) in [5.41, 5.74) is 2.81. The van der Waals surface area contributed by atoms with Crippen LogP contribution in [0.1, 0.15) is 24.5 Å². The van der Waals surface area contributed by atoms with Crippen molar-refractivity contribution in [2.45, 2.75) is 18.8 Å². The first-order chi connectivity index (χ1) is 12.3. The number of halogens is 1. The third kappa shape index (κ3) is 2.72. The Hall–Kier alpha value is -2.54. The lowest BCUT2D eigenvalue weighted by atomic mass is 9.72. The first kappa shape index (κ1) is 16.9. The molecule has 1 unspecified atom stereocenters. The average molecular weight is 374 g/mol. The molecule has 1 atom stereocenters. The maximum atomic E-state index is 13.6. The van der Waals surface area contributed by atoms with Gasteiger partial charge in [0, 0.05) is 28.6 Å². The van der Waals surface area contributed by atoms with Gasteiger partial charge in [0.2, 0.25) is 10.0 Å². The van der Waals surface area contributed by atoms with Crippen molar-refractivity contribution in [2.24, 2.45) is 0 Å². The Kier molecular flexibility index (Phi) is 3.73. The minimum Gasteiger partial charge on any atom is -0.493 e. The number of aromatic nitrogens is 1. The number of ether oxygens (including phenoxy) is 1. The fourth-order valence-electron chi connectivity index (χ4n) is 3.75.